The van der Waals surface area contributed by atoms with Gasteiger partial charge in [-0.1, -0.05) is 41.9 Å². The molecule has 1 aliphatic heterocycles. The molecule has 1 fully saturated rings. The normalized spacial score (nSPS) is 14.5. The second-order valence-electron chi connectivity index (χ2n) is 5.04. The van der Waals surface area contributed by atoms with Crippen molar-refractivity contribution in [3.63, 3.8) is 0 Å². The summed E-state index contributed by atoms with van der Waals surface area (Å²) in [4.78, 5) is 13.6. The molecule has 1 aliphatic rings. The summed E-state index contributed by atoms with van der Waals surface area (Å²) in [6, 6.07) is 15.4. The standard InChI is InChI=1S/C17H16ClNO2/c18-15-9-8-14(19-10-4-7-17(19)20)11-16(15)21-12-13-5-2-1-3-6-13/h1-3,5-6,8-9,11H,4,7,10,12H2. The van der Waals surface area contributed by atoms with Gasteiger partial charge in [0.2, 0.25) is 5.91 Å². The van der Waals surface area contributed by atoms with Gasteiger partial charge >= 0.3 is 0 Å². The Morgan fingerprint density at radius 3 is 2.67 bits per heavy atom. The second kappa shape index (κ2) is 6.19. The number of amides is 1. The van der Waals surface area contributed by atoms with Crippen molar-refractivity contribution in [2.24, 2.45) is 0 Å². The summed E-state index contributed by atoms with van der Waals surface area (Å²) in [7, 11) is 0. The average molecular weight is 302 g/mol. The molecule has 0 N–H and O–H groups in total. The van der Waals surface area contributed by atoms with Crippen molar-refractivity contribution in [2.45, 2.75) is 19.4 Å². The SMILES string of the molecule is O=C1CCCN1c1ccc(Cl)c(OCc2ccccc2)c1. The van der Waals surface area contributed by atoms with Gasteiger partial charge in [0, 0.05) is 24.7 Å². The van der Waals surface area contributed by atoms with Gasteiger partial charge in [-0.05, 0) is 24.1 Å². The highest BCUT2D eigenvalue weighted by Gasteiger charge is 2.22. The van der Waals surface area contributed by atoms with Gasteiger partial charge in [0.05, 0.1) is 5.02 Å². The molecule has 0 radical (unpaired) electrons. The molecule has 0 aliphatic carbocycles. The lowest BCUT2D eigenvalue weighted by Gasteiger charge is -2.17. The predicted molar refractivity (Wildman–Crippen MR) is 83.8 cm³/mol. The Morgan fingerprint density at radius 2 is 1.95 bits per heavy atom. The predicted octanol–water partition coefficient (Wildman–Crippen LogP) is 4.05. The van der Waals surface area contributed by atoms with Crippen molar-refractivity contribution in [3.05, 3.63) is 59.1 Å². The molecule has 108 valence electrons. The van der Waals surface area contributed by atoms with E-state index >= 15 is 0 Å². The number of rotatable bonds is 4. The van der Waals surface area contributed by atoms with E-state index in [1.165, 1.54) is 0 Å². The van der Waals surface area contributed by atoms with Gasteiger partial charge in [-0.15, -0.1) is 0 Å². The molecular weight excluding hydrogens is 286 g/mol. The zero-order chi connectivity index (χ0) is 14.7. The van der Waals surface area contributed by atoms with E-state index < -0.39 is 0 Å². The minimum absolute atomic E-state index is 0.159. The van der Waals surface area contributed by atoms with Crippen LogP contribution in [0.15, 0.2) is 48.5 Å². The maximum Gasteiger partial charge on any atom is 0.227 e. The molecular formula is C17H16ClNO2. The van der Waals surface area contributed by atoms with E-state index in [-0.39, 0.29) is 5.91 Å². The third-order valence-electron chi connectivity index (χ3n) is 3.54. The highest BCUT2D eigenvalue weighted by atomic mass is 35.5. The van der Waals surface area contributed by atoms with Gasteiger partial charge in [0.15, 0.2) is 0 Å². The maximum atomic E-state index is 11.8. The fourth-order valence-corrected chi connectivity index (χ4v) is 2.60. The molecule has 0 spiro atoms. The lowest BCUT2D eigenvalue weighted by atomic mass is 10.2. The molecule has 21 heavy (non-hydrogen) atoms. The molecule has 1 amide bonds. The summed E-state index contributed by atoms with van der Waals surface area (Å²) in [5, 5.41) is 0.557. The molecule has 0 atom stereocenters. The van der Waals surface area contributed by atoms with Crippen LogP contribution >= 0.6 is 11.6 Å². The molecule has 1 saturated heterocycles. The van der Waals surface area contributed by atoms with Crippen LogP contribution in [0.4, 0.5) is 5.69 Å². The van der Waals surface area contributed by atoms with Crippen LogP contribution in [0.2, 0.25) is 5.02 Å². The maximum absolute atomic E-state index is 11.8. The number of hydrogen-bond acceptors (Lipinski definition) is 2. The van der Waals surface area contributed by atoms with Gasteiger partial charge in [-0.3, -0.25) is 4.79 Å². The third kappa shape index (κ3) is 3.19. The van der Waals surface area contributed by atoms with E-state index in [9.17, 15) is 4.79 Å². The summed E-state index contributed by atoms with van der Waals surface area (Å²) in [6.07, 6.45) is 1.52. The minimum Gasteiger partial charge on any atom is -0.487 e. The first-order chi connectivity index (χ1) is 10.2. The summed E-state index contributed by atoms with van der Waals surface area (Å²) in [6.45, 7) is 1.22. The van der Waals surface area contributed by atoms with Crippen molar-refractivity contribution in [2.75, 3.05) is 11.4 Å². The van der Waals surface area contributed by atoms with Gasteiger partial charge in [0.1, 0.15) is 12.4 Å². The van der Waals surface area contributed by atoms with Crippen molar-refractivity contribution >= 4 is 23.2 Å². The molecule has 0 aromatic heterocycles. The Hall–Kier alpha value is -2.00. The topological polar surface area (TPSA) is 29.5 Å². The summed E-state index contributed by atoms with van der Waals surface area (Å²) in [5.74, 6) is 0.768. The first kappa shape index (κ1) is 14.0. The van der Waals surface area contributed by atoms with Crippen LogP contribution in [-0.2, 0) is 11.4 Å². The minimum atomic E-state index is 0.159. The van der Waals surface area contributed by atoms with E-state index in [1.54, 1.807) is 11.0 Å². The summed E-state index contributed by atoms with van der Waals surface area (Å²) < 4.78 is 5.79. The van der Waals surface area contributed by atoms with Crippen molar-refractivity contribution in [1.82, 2.24) is 0 Å². The Kier molecular flexibility index (Phi) is 4.11. The van der Waals surface area contributed by atoms with E-state index in [0.29, 0.717) is 23.8 Å². The van der Waals surface area contributed by atoms with E-state index in [0.717, 1.165) is 24.2 Å². The number of hydrogen-bond donors (Lipinski definition) is 0. The quantitative estimate of drug-likeness (QED) is 0.853. The average Bonchev–Trinajstić information content (AvgIpc) is 2.94. The van der Waals surface area contributed by atoms with Gasteiger partial charge < -0.3 is 9.64 Å². The van der Waals surface area contributed by atoms with Crippen LogP contribution in [0.3, 0.4) is 0 Å². The summed E-state index contributed by atoms with van der Waals surface area (Å²) in [5.41, 5.74) is 1.93. The molecule has 1 heterocycles. The Labute approximate surface area is 129 Å². The van der Waals surface area contributed by atoms with Gasteiger partial charge in [-0.25, -0.2) is 0 Å². The summed E-state index contributed by atoms with van der Waals surface area (Å²) >= 11 is 6.18. The second-order valence-corrected chi connectivity index (χ2v) is 5.45. The highest BCUT2D eigenvalue weighted by Crippen LogP contribution is 2.32. The Balaban J connectivity index is 1.77. The fraction of sp³-hybridized carbons (Fsp3) is 0.235. The smallest absolute Gasteiger partial charge is 0.227 e. The zero-order valence-corrected chi connectivity index (χ0v) is 12.3. The monoisotopic (exact) mass is 301 g/mol. The molecule has 0 unspecified atom stereocenters. The zero-order valence-electron chi connectivity index (χ0n) is 11.6. The molecule has 3 rings (SSSR count). The van der Waals surface area contributed by atoms with E-state index in [4.69, 9.17) is 16.3 Å². The first-order valence-corrected chi connectivity index (χ1v) is 7.38. The molecule has 4 heteroatoms. The highest BCUT2D eigenvalue weighted by molar-refractivity contribution is 6.32. The van der Waals surface area contributed by atoms with Crippen LogP contribution in [-0.4, -0.2) is 12.5 Å². The number of halogens is 1. The molecule has 3 nitrogen and oxygen atoms in total. The number of carbonyl (C=O) groups excluding carboxylic acids is 1. The van der Waals surface area contributed by atoms with Crippen molar-refractivity contribution in [1.29, 1.82) is 0 Å². The third-order valence-corrected chi connectivity index (χ3v) is 3.85. The largest absolute Gasteiger partial charge is 0.487 e. The van der Waals surface area contributed by atoms with Crippen LogP contribution in [0.25, 0.3) is 0 Å². The van der Waals surface area contributed by atoms with Crippen LogP contribution in [0.1, 0.15) is 18.4 Å². The molecule has 0 saturated carbocycles. The van der Waals surface area contributed by atoms with Gasteiger partial charge in [0.25, 0.3) is 0 Å². The van der Waals surface area contributed by atoms with Gasteiger partial charge in [-0.2, -0.15) is 0 Å². The number of benzene rings is 2. The van der Waals surface area contributed by atoms with E-state index in [2.05, 4.69) is 0 Å². The van der Waals surface area contributed by atoms with E-state index in [1.807, 2.05) is 42.5 Å². The first-order valence-electron chi connectivity index (χ1n) is 7.01. The molecule has 0 bridgehead atoms. The number of carbonyl (C=O) groups is 1. The van der Waals surface area contributed by atoms with Crippen molar-refractivity contribution in [3.8, 4) is 5.75 Å². The number of anilines is 1. The molecule has 2 aromatic carbocycles. The van der Waals surface area contributed by atoms with Crippen LogP contribution in [0.5, 0.6) is 5.75 Å². The fourth-order valence-electron chi connectivity index (χ4n) is 2.43. The number of nitrogens with zero attached hydrogens (tertiary/aromatic N) is 1. The Bertz CT molecular complexity index is 642. The lowest BCUT2D eigenvalue weighted by molar-refractivity contribution is -0.117. The number of ether oxygens (including phenoxy) is 1. The van der Waals surface area contributed by atoms with Crippen molar-refractivity contribution < 1.29 is 9.53 Å². The van der Waals surface area contributed by atoms with Crippen LogP contribution in [0, 0.1) is 0 Å². The molecule has 2 aromatic rings. The van der Waals surface area contributed by atoms with Crippen LogP contribution < -0.4 is 9.64 Å². The Morgan fingerprint density at radius 1 is 1.14 bits per heavy atom. The lowest BCUT2D eigenvalue weighted by Crippen LogP contribution is -2.23.